The second-order valence-corrected chi connectivity index (χ2v) is 7.99. The Kier molecular flexibility index (Phi) is 9.49. The summed E-state index contributed by atoms with van der Waals surface area (Å²) in [6.07, 6.45) is 7.74. The molecule has 2 heterocycles. The number of benzene rings is 1. The Labute approximate surface area is 210 Å². The van der Waals surface area contributed by atoms with Gasteiger partial charge in [-0.25, -0.2) is 9.97 Å². The highest BCUT2D eigenvalue weighted by atomic mass is 16.5. The lowest BCUT2D eigenvalue weighted by molar-refractivity contribution is -0.115. The third kappa shape index (κ3) is 7.36. The number of amides is 2. The number of aromatic nitrogens is 2. The molecule has 0 aliphatic carbocycles. The van der Waals surface area contributed by atoms with Crippen LogP contribution >= 0.6 is 0 Å². The van der Waals surface area contributed by atoms with Crippen molar-refractivity contribution in [2.45, 2.75) is 38.6 Å². The van der Waals surface area contributed by atoms with Crippen LogP contribution in [-0.4, -0.2) is 54.7 Å². The van der Waals surface area contributed by atoms with Gasteiger partial charge in [-0.1, -0.05) is 18.8 Å². The van der Waals surface area contributed by atoms with Crippen LogP contribution in [0.5, 0.6) is 5.75 Å². The molecule has 188 valence electrons. The number of nitrogens with two attached hydrogens (primary N) is 1. The highest BCUT2D eigenvalue weighted by Gasteiger charge is 2.21. The van der Waals surface area contributed by atoms with Crippen molar-refractivity contribution in [1.82, 2.24) is 15.3 Å². The molecule has 1 aliphatic rings. The lowest BCUT2D eigenvalue weighted by atomic mass is 10.1. The number of nitrogens with zero attached hydrogens (tertiary/aromatic N) is 2. The van der Waals surface area contributed by atoms with Crippen molar-refractivity contribution in [3.05, 3.63) is 35.2 Å². The Bertz CT molecular complexity index is 1210. The number of primary amides is 1. The van der Waals surface area contributed by atoms with Gasteiger partial charge in [0.05, 0.1) is 12.8 Å². The molecule has 1 aromatic carbocycles. The van der Waals surface area contributed by atoms with Crippen molar-refractivity contribution in [3.63, 3.8) is 0 Å². The van der Waals surface area contributed by atoms with Crippen molar-refractivity contribution in [1.29, 1.82) is 0 Å². The maximum atomic E-state index is 12.2. The van der Waals surface area contributed by atoms with Gasteiger partial charge in [0.1, 0.15) is 5.75 Å². The molecule has 3 rings (SSSR count). The summed E-state index contributed by atoms with van der Waals surface area (Å²) in [5.74, 6) is 8.24. The number of rotatable bonds is 9. The molecule has 0 saturated carbocycles. The predicted octanol–water partition coefficient (Wildman–Crippen LogP) is 1.97. The molecule has 10 heteroatoms. The van der Waals surface area contributed by atoms with Crippen molar-refractivity contribution in [2.24, 2.45) is 5.73 Å². The van der Waals surface area contributed by atoms with E-state index in [0.717, 1.165) is 12.8 Å². The van der Waals surface area contributed by atoms with E-state index in [1.54, 1.807) is 25.3 Å². The van der Waals surface area contributed by atoms with Gasteiger partial charge in [-0.15, -0.1) is 6.42 Å². The van der Waals surface area contributed by atoms with Crippen LogP contribution in [0.1, 0.15) is 47.9 Å². The molecule has 2 amide bonds. The summed E-state index contributed by atoms with van der Waals surface area (Å²) in [6, 6.07) is 5.53. The maximum Gasteiger partial charge on any atom is 0.295 e. The van der Waals surface area contributed by atoms with E-state index >= 15 is 0 Å². The van der Waals surface area contributed by atoms with Crippen LogP contribution in [0.2, 0.25) is 0 Å². The van der Waals surface area contributed by atoms with Crippen LogP contribution in [-0.2, 0) is 16.0 Å². The van der Waals surface area contributed by atoms with E-state index in [9.17, 15) is 9.59 Å². The number of hydrogen-bond acceptors (Lipinski definition) is 8. The molecule has 1 aromatic heterocycles. The van der Waals surface area contributed by atoms with Crippen LogP contribution < -0.4 is 26.4 Å². The number of ether oxygens (including phenoxy) is 2. The third-order valence-electron chi connectivity index (χ3n) is 5.40. The summed E-state index contributed by atoms with van der Waals surface area (Å²) < 4.78 is 10.8. The van der Waals surface area contributed by atoms with Gasteiger partial charge >= 0.3 is 0 Å². The van der Waals surface area contributed by atoms with Crippen LogP contribution in [0.4, 0.5) is 17.3 Å². The van der Waals surface area contributed by atoms with E-state index < -0.39 is 11.8 Å². The quantitative estimate of drug-likeness (QED) is 0.309. The summed E-state index contributed by atoms with van der Waals surface area (Å²) in [6.45, 7) is 3.65. The third-order valence-corrected chi connectivity index (χ3v) is 5.40. The number of methoxy groups -OCH3 is 1. The van der Waals surface area contributed by atoms with E-state index in [1.807, 2.05) is 12.8 Å². The molecular formula is C26H30N6O4. The largest absolute Gasteiger partial charge is 0.497 e. The first-order valence-electron chi connectivity index (χ1n) is 11.7. The molecule has 5 N–H and O–H groups in total. The topological polar surface area (TPSA) is 140 Å². The molecule has 0 unspecified atom stereocenters. The maximum absolute atomic E-state index is 12.2. The fourth-order valence-electron chi connectivity index (χ4n) is 3.58. The number of nitrogens with one attached hydrogen (secondary N) is 3. The molecule has 1 aliphatic heterocycles. The molecule has 1 saturated heterocycles. The van der Waals surface area contributed by atoms with Gasteiger partial charge in [0, 0.05) is 49.5 Å². The number of carbonyl (C=O) groups excluding carboxylic acids is 2. The van der Waals surface area contributed by atoms with Gasteiger partial charge in [0.2, 0.25) is 0 Å². The molecule has 0 spiro atoms. The number of carbonyl (C=O) groups is 2. The van der Waals surface area contributed by atoms with Gasteiger partial charge in [-0.2, -0.15) is 0 Å². The minimum absolute atomic E-state index is 0.0455. The van der Waals surface area contributed by atoms with E-state index in [-0.39, 0.29) is 17.6 Å². The Balaban J connectivity index is 1.87. The Morgan fingerprint density at radius 3 is 2.67 bits per heavy atom. The number of hydrogen-bond donors (Lipinski definition) is 4. The average molecular weight is 491 g/mol. The number of aryl methyl sites for hydroxylation is 1. The van der Waals surface area contributed by atoms with Crippen molar-refractivity contribution < 1.29 is 19.1 Å². The Morgan fingerprint density at radius 1 is 1.22 bits per heavy atom. The smallest absolute Gasteiger partial charge is 0.295 e. The van der Waals surface area contributed by atoms with Crippen molar-refractivity contribution in [2.75, 3.05) is 37.5 Å². The molecule has 1 fully saturated rings. The molecule has 2 aromatic rings. The van der Waals surface area contributed by atoms with Crippen LogP contribution in [0, 0.1) is 24.2 Å². The average Bonchev–Trinajstić information content (AvgIpc) is 2.88. The first-order chi connectivity index (χ1) is 17.4. The zero-order valence-electron chi connectivity index (χ0n) is 20.4. The van der Waals surface area contributed by atoms with Crippen LogP contribution in [0.15, 0.2) is 18.2 Å². The van der Waals surface area contributed by atoms with Crippen LogP contribution in [0.3, 0.4) is 0 Å². The summed E-state index contributed by atoms with van der Waals surface area (Å²) in [5.41, 5.74) is 7.60. The monoisotopic (exact) mass is 490 g/mol. The molecule has 10 nitrogen and oxygen atoms in total. The molecule has 36 heavy (non-hydrogen) atoms. The normalized spacial score (nSPS) is 13.0. The molecule has 0 atom stereocenters. The fraction of sp³-hybridized carbons (Fsp3) is 0.385. The van der Waals surface area contributed by atoms with Gasteiger partial charge in [-0.05, 0) is 37.3 Å². The fourth-order valence-corrected chi connectivity index (χ4v) is 3.58. The van der Waals surface area contributed by atoms with Gasteiger partial charge in [-0.3, -0.25) is 9.59 Å². The van der Waals surface area contributed by atoms with Crippen molar-refractivity contribution >= 4 is 29.1 Å². The highest BCUT2D eigenvalue weighted by molar-refractivity contribution is 5.96. The summed E-state index contributed by atoms with van der Waals surface area (Å²) >= 11 is 0. The second kappa shape index (κ2) is 13.0. The minimum atomic E-state index is -0.686. The summed E-state index contributed by atoms with van der Waals surface area (Å²) in [5, 5.41) is 9.16. The van der Waals surface area contributed by atoms with Gasteiger partial charge in [0.15, 0.2) is 17.3 Å². The van der Waals surface area contributed by atoms with E-state index in [2.05, 4.69) is 32.8 Å². The SMILES string of the molecule is C#CC(=O)NCCC#Cc1cc(Nc2nc(NC3CCOCC3)c(CC)nc2C(N)=O)cc(OC)c1. The number of anilines is 3. The first kappa shape index (κ1) is 26.3. The number of terminal acetylenes is 1. The zero-order valence-corrected chi connectivity index (χ0v) is 20.4. The second-order valence-electron chi connectivity index (χ2n) is 7.99. The van der Waals surface area contributed by atoms with Crippen LogP contribution in [0.25, 0.3) is 0 Å². The van der Waals surface area contributed by atoms with E-state index in [0.29, 0.717) is 61.1 Å². The minimum Gasteiger partial charge on any atom is -0.497 e. The highest BCUT2D eigenvalue weighted by Crippen LogP contribution is 2.27. The molecule has 0 radical (unpaired) electrons. The lowest BCUT2D eigenvalue weighted by Crippen LogP contribution is -2.29. The predicted molar refractivity (Wildman–Crippen MR) is 137 cm³/mol. The first-order valence-corrected chi connectivity index (χ1v) is 11.7. The molecule has 0 bridgehead atoms. The van der Waals surface area contributed by atoms with Gasteiger partial charge in [0.25, 0.3) is 11.8 Å². The van der Waals surface area contributed by atoms with E-state index in [4.69, 9.17) is 26.6 Å². The summed E-state index contributed by atoms with van der Waals surface area (Å²) in [4.78, 5) is 32.5. The Hall–Kier alpha value is -4.28. The zero-order chi connectivity index (χ0) is 25.9. The van der Waals surface area contributed by atoms with E-state index in [1.165, 1.54) is 0 Å². The van der Waals surface area contributed by atoms with Crippen molar-refractivity contribution in [3.8, 4) is 29.9 Å². The molecular weight excluding hydrogens is 460 g/mol. The standard InChI is InChI=1S/C26H30N6O4/c1-4-21-25(29-18-9-12-36-13-10-18)32-26(23(31-21)24(27)34)30-19-14-17(15-20(16-19)35-3)8-6-7-11-28-22(33)5-2/h2,14-16,18H,4,7,9-13H2,1,3H3,(H2,27,34)(H,28,33)(H2,29,30,32). The Morgan fingerprint density at radius 2 is 2.00 bits per heavy atom. The summed E-state index contributed by atoms with van der Waals surface area (Å²) in [7, 11) is 1.55. The lowest BCUT2D eigenvalue weighted by Gasteiger charge is -2.25. The van der Waals surface area contributed by atoms with Gasteiger partial charge < -0.3 is 31.2 Å².